The van der Waals surface area contributed by atoms with Crippen molar-refractivity contribution in [3.05, 3.63) is 0 Å². The number of hydrogen-bond acceptors (Lipinski definition) is 2. The Hall–Kier alpha value is -0.550. The molecule has 2 heteroatoms. The Morgan fingerprint density at radius 3 is 3.40 bits per heavy atom. The van der Waals surface area contributed by atoms with Crippen molar-refractivity contribution in [3.8, 4) is 6.07 Å². The number of rotatable bonds is 2. The third-order valence-electron chi connectivity index (χ3n) is 0.151. The Balaban J connectivity index is 3.59. The van der Waals surface area contributed by atoms with Gasteiger partial charge in [0.25, 0.3) is 0 Å². The number of aliphatic hydroxyl groups is 1. The second-order valence-electron chi connectivity index (χ2n) is 0.433. The van der Waals surface area contributed by atoms with Gasteiger partial charge in [-0.3, -0.25) is 0 Å². The molecule has 5 heavy (non-hydrogen) atoms. The maximum Gasteiger partial charge on any atom is 0.210 e. The first-order valence-electron chi connectivity index (χ1n) is 2.52. The molecule has 0 saturated carbocycles. The van der Waals surface area contributed by atoms with Crippen LogP contribution in [0.1, 0.15) is 9.11 Å². The average molecular weight is 74.1 g/mol. The number of nitriles is 1. The van der Waals surface area contributed by atoms with E-state index < -0.39 is 13.0 Å². The van der Waals surface area contributed by atoms with Crippen LogP contribution in [0.2, 0.25) is 0 Å². The van der Waals surface area contributed by atoms with Crippen molar-refractivity contribution < 1.29 is 7.85 Å². The van der Waals surface area contributed by atoms with Gasteiger partial charge in [-0.05, 0) is 0 Å². The highest BCUT2D eigenvalue weighted by Crippen LogP contribution is 1.62. The summed E-state index contributed by atoms with van der Waals surface area (Å²) in [5.41, 5.74) is 0. The summed E-state index contributed by atoms with van der Waals surface area (Å²) in [5, 5.41) is 11.6. The number of hydrogen-bond donors (Lipinski definition) is 1. The highest BCUT2D eigenvalue weighted by molar-refractivity contribution is 4.65. The molecule has 0 radical (unpaired) electrons. The molecular formula is C3H5NO. The van der Waals surface area contributed by atoms with Crippen LogP contribution in [0.15, 0.2) is 0 Å². The molecule has 0 aromatic carbocycles. The molecule has 1 N–H and O–H groups in total. The zero-order valence-corrected chi connectivity index (χ0v) is 2.56. The highest BCUT2D eigenvalue weighted by atomic mass is 16.2. The number of aliphatic hydroxyl groups excluding tert-OH is 1. The molecule has 0 heterocycles. The predicted octanol–water partition coefficient (Wildman–Crippen LogP) is -0.108. The fourth-order valence-electron chi connectivity index (χ4n) is 0.0323. The fourth-order valence-corrected chi connectivity index (χ4v) is 0.0323. The summed E-state index contributed by atoms with van der Waals surface area (Å²) in [5.74, 6) is 0. The molecule has 0 rings (SSSR count). The van der Waals surface area contributed by atoms with E-state index in [1.165, 1.54) is 6.07 Å². The highest BCUT2D eigenvalue weighted by Gasteiger charge is 1.66. The smallest absolute Gasteiger partial charge is 0.210 e. The molecule has 0 fully saturated rings. The van der Waals surface area contributed by atoms with Gasteiger partial charge in [0.05, 0.1) is 19.0 Å². The summed E-state index contributed by atoms with van der Waals surface area (Å²) in [7, 11) is 0. The van der Waals surface area contributed by atoms with Crippen molar-refractivity contribution >= 4 is 0 Å². The number of nitrogens with zero attached hydrogens (tertiary/aromatic N) is 1. The van der Waals surface area contributed by atoms with Crippen molar-refractivity contribution in [1.82, 2.24) is 0 Å². The summed E-state index contributed by atoms with van der Waals surface area (Å²) < 4.78 is 19.3. The Labute approximate surface area is 35.0 Å². The molecule has 0 aliphatic carbocycles. The van der Waals surface area contributed by atoms with Gasteiger partial charge in [0.1, 0.15) is 0 Å². The van der Waals surface area contributed by atoms with Gasteiger partial charge in [-0.1, -0.05) is 0 Å². The quantitative estimate of drug-likeness (QED) is 0.496. The van der Waals surface area contributed by atoms with Gasteiger partial charge in [-0.2, -0.15) is 5.26 Å². The van der Waals surface area contributed by atoms with E-state index in [4.69, 9.17) is 9.43 Å². The SMILES string of the molecule is [2H]OCC([2H])([2H])C#N. The first-order chi connectivity index (χ1) is 3.62. The minimum Gasteiger partial charge on any atom is -0.395 e. The molecule has 0 aromatic rings. The Bertz CT molecular complexity index is 108. The van der Waals surface area contributed by atoms with Gasteiger partial charge in [0.2, 0.25) is 1.43 Å². The van der Waals surface area contributed by atoms with Crippen molar-refractivity contribution in [1.29, 1.82) is 6.69 Å². The van der Waals surface area contributed by atoms with Crippen molar-refractivity contribution in [3.63, 3.8) is 0 Å². The predicted molar refractivity (Wildman–Crippen MR) is 17.3 cm³/mol. The van der Waals surface area contributed by atoms with Crippen LogP contribution >= 0.6 is 0 Å². The molecule has 28 valence electrons. The maximum atomic E-state index is 7.94. The van der Waals surface area contributed by atoms with Crippen molar-refractivity contribution in [2.75, 3.05) is 6.61 Å². The summed E-state index contributed by atoms with van der Waals surface area (Å²) in [6.07, 6.45) is -2.01. The summed E-state index contributed by atoms with van der Waals surface area (Å²) in [6.45, 7) is -0.497. The third kappa shape index (κ3) is 3.45. The van der Waals surface area contributed by atoms with Crippen molar-refractivity contribution in [2.45, 2.75) is 6.37 Å². The first-order valence-corrected chi connectivity index (χ1v) is 1.12. The Kier molecular flexibility index (Phi) is 0.878. The van der Waals surface area contributed by atoms with E-state index in [-0.39, 0.29) is 0 Å². The van der Waals surface area contributed by atoms with Gasteiger partial charge in [-0.15, -0.1) is 0 Å². The van der Waals surface area contributed by atoms with E-state index in [1.54, 1.807) is 0 Å². The fraction of sp³-hybridized carbons (Fsp3) is 0.667. The Morgan fingerprint density at radius 1 is 2.40 bits per heavy atom. The lowest BCUT2D eigenvalue weighted by molar-refractivity contribution is 0.304. The van der Waals surface area contributed by atoms with Crippen LogP contribution in [0, 0.1) is 11.3 Å². The molecule has 2 nitrogen and oxygen atoms in total. The van der Waals surface area contributed by atoms with Crippen LogP contribution in [-0.2, 0) is 0 Å². The largest absolute Gasteiger partial charge is 0.395 e. The molecule has 0 aliphatic rings. The third-order valence-corrected chi connectivity index (χ3v) is 0.151. The lowest BCUT2D eigenvalue weighted by Crippen LogP contribution is -1.72. The van der Waals surface area contributed by atoms with Gasteiger partial charge in [0.15, 0.2) is 0 Å². The van der Waals surface area contributed by atoms with Crippen LogP contribution in [0.25, 0.3) is 0 Å². The second kappa shape index (κ2) is 3.45. The summed E-state index contributed by atoms with van der Waals surface area (Å²) >= 11 is 0. The van der Waals surface area contributed by atoms with E-state index in [0.29, 0.717) is 0 Å². The van der Waals surface area contributed by atoms with Crippen LogP contribution in [0.5, 0.6) is 0 Å². The lowest BCUT2D eigenvalue weighted by Gasteiger charge is -1.67. The van der Waals surface area contributed by atoms with Crippen LogP contribution < -0.4 is 0 Å². The van der Waals surface area contributed by atoms with E-state index in [1.807, 2.05) is 0 Å². The van der Waals surface area contributed by atoms with Gasteiger partial charge < -0.3 is 5.11 Å². The second-order valence-corrected chi connectivity index (χ2v) is 0.433. The van der Waals surface area contributed by atoms with Gasteiger partial charge in [-0.25, -0.2) is 0 Å². The van der Waals surface area contributed by atoms with Gasteiger partial charge >= 0.3 is 0 Å². The minimum atomic E-state index is -2.01. The van der Waals surface area contributed by atoms with Crippen LogP contribution in [0.4, 0.5) is 0 Å². The molecule has 0 amide bonds. The molecule has 0 saturated heterocycles. The van der Waals surface area contributed by atoms with E-state index in [9.17, 15) is 0 Å². The van der Waals surface area contributed by atoms with Crippen molar-refractivity contribution in [2.24, 2.45) is 0 Å². The zero-order valence-electron chi connectivity index (χ0n) is 5.56. The molecule has 0 aromatic heterocycles. The topological polar surface area (TPSA) is 44.0 Å². The normalized spacial score (nSPS) is 17.8. The maximum absolute atomic E-state index is 7.94. The van der Waals surface area contributed by atoms with Gasteiger partial charge in [0, 0.05) is 2.74 Å². The van der Waals surface area contributed by atoms with E-state index in [0.717, 1.165) is 0 Å². The molecular weight excluding hydrogens is 66.0 g/mol. The monoisotopic (exact) mass is 74.1 g/mol. The summed E-state index contributed by atoms with van der Waals surface area (Å²) in [6, 6.07) is 1.33. The van der Waals surface area contributed by atoms with Crippen LogP contribution in [-0.4, -0.2) is 13.1 Å². The lowest BCUT2D eigenvalue weighted by atomic mass is 10.5. The van der Waals surface area contributed by atoms with E-state index in [2.05, 4.69) is 5.11 Å². The first kappa shape index (κ1) is 1.27. The minimum absolute atomic E-state index is 0.497. The van der Waals surface area contributed by atoms with Crippen LogP contribution in [0.3, 0.4) is 0 Å². The average Bonchev–Trinajstić information content (AvgIpc) is 1.67. The summed E-state index contributed by atoms with van der Waals surface area (Å²) in [4.78, 5) is 0. The zero-order chi connectivity index (χ0) is 6.62. The molecule has 0 spiro atoms. The molecule has 0 unspecified atom stereocenters. The molecule has 0 aliphatic heterocycles. The standard InChI is InChI=1S/C3H5NO/c4-2-1-3-5/h5H,1,3H2/i1D2,5D. The molecule has 0 atom stereocenters. The molecule has 0 bridgehead atoms. The van der Waals surface area contributed by atoms with E-state index >= 15 is 0 Å². The Morgan fingerprint density at radius 2 is 3.20 bits per heavy atom.